The van der Waals surface area contributed by atoms with Gasteiger partial charge < -0.3 is 10.4 Å². The molecule has 0 heterocycles. The Morgan fingerprint density at radius 1 is 1.30 bits per heavy atom. The van der Waals surface area contributed by atoms with Crippen LogP contribution in [0.25, 0.3) is 0 Å². The third-order valence-corrected chi connectivity index (χ3v) is 3.83. The summed E-state index contributed by atoms with van der Waals surface area (Å²) in [5.74, 6) is -0.944. The minimum atomic E-state index is -0.944. The van der Waals surface area contributed by atoms with Gasteiger partial charge in [0.1, 0.15) is 0 Å². The van der Waals surface area contributed by atoms with Crippen LogP contribution < -0.4 is 5.32 Å². The first-order valence-corrected chi connectivity index (χ1v) is 7.19. The fraction of sp³-hybridized carbons (Fsp3) is 0.133. The summed E-state index contributed by atoms with van der Waals surface area (Å²) in [7, 11) is 0. The molecule has 5 heteroatoms. The van der Waals surface area contributed by atoms with E-state index in [9.17, 15) is 4.79 Å². The Balaban J connectivity index is 2.19. The van der Waals surface area contributed by atoms with Gasteiger partial charge >= 0.3 is 5.97 Å². The molecule has 3 nitrogen and oxygen atoms in total. The highest BCUT2D eigenvalue weighted by Gasteiger charge is 2.10. The smallest absolute Gasteiger partial charge is 0.335 e. The second-order valence-corrected chi connectivity index (χ2v) is 5.71. The first-order valence-electron chi connectivity index (χ1n) is 6.02. The molecule has 0 saturated carbocycles. The van der Waals surface area contributed by atoms with Gasteiger partial charge in [0.25, 0.3) is 0 Å². The number of carboxylic acid groups (broad SMARTS) is 1. The average Bonchev–Trinajstić information content (AvgIpc) is 2.40. The lowest BCUT2D eigenvalue weighted by atomic mass is 10.1. The van der Waals surface area contributed by atoms with Crippen molar-refractivity contribution >= 4 is 39.2 Å². The molecule has 1 unspecified atom stereocenters. The van der Waals surface area contributed by atoms with Crippen molar-refractivity contribution in [1.29, 1.82) is 0 Å². The van der Waals surface area contributed by atoms with Gasteiger partial charge in [-0.25, -0.2) is 4.79 Å². The molecular weight excluding hydrogens is 342 g/mol. The third-order valence-electron chi connectivity index (χ3n) is 2.94. The van der Waals surface area contributed by atoms with E-state index >= 15 is 0 Å². The number of nitrogens with one attached hydrogen (secondary N) is 1. The van der Waals surface area contributed by atoms with Crippen LogP contribution in [0.3, 0.4) is 0 Å². The van der Waals surface area contributed by atoms with Crippen LogP contribution in [0.4, 0.5) is 5.69 Å². The van der Waals surface area contributed by atoms with Crippen LogP contribution >= 0.6 is 27.5 Å². The quantitative estimate of drug-likeness (QED) is 0.814. The van der Waals surface area contributed by atoms with Crippen LogP contribution in [0.15, 0.2) is 46.9 Å². The van der Waals surface area contributed by atoms with Crippen LogP contribution in [0.2, 0.25) is 5.02 Å². The molecule has 0 spiro atoms. The van der Waals surface area contributed by atoms with E-state index in [4.69, 9.17) is 16.7 Å². The molecular formula is C15H13BrClNO2. The Bertz CT molecular complexity index is 646. The monoisotopic (exact) mass is 353 g/mol. The summed E-state index contributed by atoms with van der Waals surface area (Å²) >= 11 is 9.36. The maximum Gasteiger partial charge on any atom is 0.335 e. The SMILES string of the molecule is CC(Nc1ccc(C(=O)O)cc1Br)c1cccc(Cl)c1. The fourth-order valence-electron chi connectivity index (χ4n) is 1.86. The number of hydrogen-bond donors (Lipinski definition) is 2. The number of halogens is 2. The molecule has 0 saturated heterocycles. The van der Waals surface area contributed by atoms with Crippen molar-refractivity contribution in [2.75, 3.05) is 5.32 Å². The molecule has 1 atom stereocenters. The Labute approximate surface area is 130 Å². The van der Waals surface area contributed by atoms with Crippen LogP contribution in [0.5, 0.6) is 0 Å². The van der Waals surface area contributed by atoms with Crippen LogP contribution in [0.1, 0.15) is 28.9 Å². The number of carbonyl (C=O) groups is 1. The first-order chi connectivity index (χ1) is 9.47. The van der Waals surface area contributed by atoms with E-state index in [1.165, 1.54) is 0 Å². The van der Waals surface area contributed by atoms with Crippen LogP contribution in [-0.4, -0.2) is 11.1 Å². The minimum absolute atomic E-state index is 0.0562. The molecule has 0 radical (unpaired) electrons. The summed E-state index contributed by atoms with van der Waals surface area (Å²) in [5.41, 5.74) is 2.15. The van der Waals surface area contributed by atoms with Crippen molar-refractivity contribution in [3.63, 3.8) is 0 Å². The zero-order chi connectivity index (χ0) is 14.7. The van der Waals surface area contributed by atoms with Crippen molar-refractivity contribution in [2.45, 2.75) is 13.0 Å². The highest BCUT2D eigenvalue weighted by atomic mass is 79.9. The lowest BCUT2D eigenvalue weighted by molar-refractivity contribution is 0.0697. The lowest BCUT2D eigenvalue weighted by Crippen LogP contribution is -2.07. The van der Waals surface area contributed by atoms with Gasteiger partial charge in [0.2, 0.25) is 0 Å². The second kappa shape index (κ2) is 6.29. The molecule has 2 rings (SSSR count). The number of carboxylic acids is 1. The molecule has 2 aromatic carbocycles. The summed E-state index contributed by atoms with van der Waals surface area (Å²) in [6.07, 6.45) is 0. The minimum Gasteiger partial charge on any atom is -0.478 e. The van der Waals surface area contributed by atoms with E-state index in [0.717, 1.165) is 11.3 Å². The first kappa shape index (κ1) is 14.9. The lowest BCUT2D eigenvalue weighted by Gasteiger charge is -2.17. The number of benzene rings is 2. The molecule has 0 aliphatic carbocycles. The van der Waals surface area contributed by atoms with Gasteiger partial charge in [-0.2, -0.15) is 0 Å². The highest BCUT2D eigenvalue weighted by Crippen LogP contribution is 2.28. The molecule has 0 bridgehead atoms. The molecule has 0 aliphatic rings. The molecule has 0 fully saturated rings. The Morgan fingerprint density at radius 3 is 2.65 bits per heavy atom. The maximum absolute atomic E-state index is 10.9. The summed E-state index contributed by atoms with van der Waals surface area (Å²) < 4.78 is 0.714. The summed E-state index contributed by atoms with van der Waals surface area (Å²) in [5, 5.41) is 12.9. The third kappa shape index (κ3) is 3.52. The van der Waals surface area contributed by atoms with E-state index in [2.05, 4.69) is 21.2 Å². The Kier molecular flexibility index (Phi) is 4.68. The number of rotatable bonds is 4. The molecule has 2 aromatic rings. The van der Waals surface area contributed by atoms with Gasteiger partial charge in [0.05, 0.1) is 5.56 Å². The normalized spacial score (nSPS) is 11.9. The number of anilines is 1. The van der Waals surface area contributed by atoms with E-state index in [1.54, 1.807) is 18.2 Å². The van der Waals surface area contributed by atoms with Gasteiger partial charge in [-0.3, -0.25) is 0 Å². The predicted octanol–water partition coefficient (Wildman–Crippen LogP) is 4.97. The Morgan fingerprint density at radius 2 is 2.05 bits per heavy atom. The molecule has 0 aromatic heterocycles. The predicted molar refractivity (Wildman–Crippen MR) is 84.6 cm³/mol. The Hall–Kier alpha value is -1.52. The van der Waals surface area contributed by atoms with Crippen molar-refractivity contribution < 1.29 is 9.90 Å². The maximum atomic E-state index is 10.9. The number of hydrogen-bond acceptors (Lipinski definition) is 2. The van der Waals surface area contributed by atoms with Crippen molar-refractivity contribution in [3.05, 3.63) is 63.1 Å². The van der Waals surface area contributed by atoms with Crippen LogP contribution in [-0.2, 0) is 0 Å². The summed E-state index contributed by atoms with van der Waals surface area (Å²) in [6, 6.07) is 12.6. The van der Waals surface area contributed by atoms with Crippen LogP contribution in [0, 0.1) is 0 Å². The topological polar surface area (TPSA) is 49.3 Å². The summed E-state index contributed by atoms with van der Waals surface area (Å²) in [6.45, 7) is 2.02. The molecule has 2 N–H and O–H groups in total. The van der Waals surface area contributed by atoms with Gasteiger partial charge in [-0.1, -0.05) is 23.7 Å². The van der Waals surface area contributed by atoms with Gasteiger partial charge in [-0.05, 0) is 58.7 Å². The van der Waals surface area contributed by atoms with Crippen molar-refractivity contribution in [1.82, 2.24) is 0 Å². The van der Waals surface area contributed by atoms with Gasteiger partial charge in [0, 0.05) is 21.2 Å². The highest BCUT2D eigenvalue weighted by molar-refractivity contribution is 9.10. The molecule has 0 aliphatic heterocycles. The zero-order valence-electron chi connectivity index (χ0n) is 10.7. The fourth-order valence-corrected chi connectivity index (χ4v) is 2.55. The van der Waals surface area contributed by atoms with Gasteiger partial charge in [-0.15, -0.1) is 0 Å². The molecule has 0 amide bonds. The number of aromatic carboxylic acids is 1. The van der Waals surface area contributed by atoms with E-state index < -0.39 is 5.97 Å². The van der Waals surface area contributed by atoms with E-state index in [-0.39, 0.29) is 11.6 Å². The van der Waals surface area contributed by atoms with E-state index in [1.807, 2.05) is 31.2 Å². The molecule has 104 valence electrons. The van der Waals surface area contributed by atoms with E-state index in [0.29, 0.717) is 9.50 Å². The van der Waals surface area contributed by atoms with Crippen molar-refractivity contribution in [3.8, 4) is 0 Å². The second-order valence-electron chi connectivity index (χ2n) is 4.42. The standard InChI is InChI=1S/C15H13BrClNO2/c1-9(10-3-2-4-12(17)7-10)18-14-6-5-11(15(19)20)8-13(14)16/h2-9,18H,1H3,(H,19,20). The molecule has 20 heavy (non-hydrogen) atoms. The van der Waals surface area contributed by atoms with Crippen molar-refractivity contribution in [2.24, 2.45) is 0 Å². The largest absolute Gasteiger partial charge is 0.478 e. The average molecular weight is 355 g/mol. The van der Waals surface area contributed by atoms with Gasteiger partial charge in [0.15, 0.2) is 0 Å². The summed E-state index contributed by atoms with van der Waals surface area (Å²) in [4.78, 5) is 10.9. The zero-order valence-corrected chi connectivity index (χ0v) is 13.1.